The van der Waals surface area contributed by atoms with E-state index in [-0.39, 0.29) is 0 Å². The van der Waals surface area contributed by atoms with Crippen molar-refractivity contribution in [3.05, 3.63) is 0 Å². The van der Waals surface area contributed by atoms with E-state index in [1.807, 2.05) is 0 Å². The fraction of sp³-hybridized carbons (Fsp3) is 1.00. The van der Waals surface area contributed by atoms with E-state index in [0.717, 1.165) is 11.8 Å². The lowest BCUT2D eigenvalue weighted by Crippen LogP contribution is -2.32. The van der Waals surface area contributed by atoms with E-state index in [0.29, 0.717) is 6.04 Å². The van der Waals surface area contributed by atoms with Crippen LogP contribution in [-0.2, 0) is 0 Å². The second-order valence-electron chi connectivity index (χ2n) is 6.03. The van der Waals surface area contributed by atoms with Gasteiger partial charge in [0.15, 0.2) is 0 Å². The Bertz CT molecular complexity index is 195. The van der Waals surface area contributed by atoms with Crippen molar-refractivity contribution in [2.24, 2.45) is 17.6 Å². The normalized spacial score (nSPS) is 31.5. The maximum Gasteiger partial charge on any atom is 0.00514 e. The van der Waals surface area contributed by atoms with Crippen LogP contribution in [-0.4, -0.2) is 30.6 Å². The van der Waals surface area contributed by atoms with Gasteiger partial charge < -0.3 is 10.6 Å². The average Bonchev–Trinajstić information content (AvgIpc) is 2.56. The Morgan fingerprint density at radius 1 is 1.12 bits per heavy atom. The van der Waals surface area contributed by atoms with Gasteiger partial charge in [0.1, 0.15) is 0 Å². The molecule has 2 N–H and O–H groups in total. The van der Waals surface area contributed by atoms with Crippen molar-refractivity contribution in [2.75, 3.05) is 19.6 Å². The Kier molecular flexibility index (Phi) is 4.66. The van der Waals surface area contributed by atoms with Crippen LogP contribution in [0.15, 0.2) is 0 Å². The van der Waals surface area contributed by atoms with E-state index in [1.54, 1.807) is 0 Å². The second-order valence-corrected chi connectivity index (χ2v) is 6.03. The van der Waals surface area contributed by atoms with Crippen LogP contribution in [0.1, 0.15) is 51.9 Å². The SMILES string of the molecule is CC(N)C1CCN(CC2CCCCCC2)C1. The first-order valence-electron chi connectivity index (χ1n) is 7.23. The smallest absolute Gasteiger partial charge is 0.00514 e. The molecule has 0 amide bonds. The summed E-state index contributed by atoms with van der Waals surface area (Å²) in [6.45, 7) is 6.07. The molecule has 94 valence electrons. The zero-order valence-corrected chi connectivity index (χ0v) is 10.8. The van der Waals surface area contributed by atoms with Gasteiger partial charge in [-0.1, -0.05) is 25.7 Å². The summed E-state index contributed by atoms with van der Waals surface area (Å²) in [6.07, 6.45) is 10.1. The van der Waals surface area contributed by atoms with Crippen LogP contribution in [0.3, 0.4) is 0 Å². The zero-order chi connectivity index (χ0) is 11.4. The molecular weight excluding hydrogens is 196 g/mol. The lowest BCUT2D eigenvalue weighted by molar-refractivity contribution is 0.249. The van der Waals surface area contributed by atoms with Crippen molar-refractivity contribution in [3.8, 4) is 0 Å². The highest BCUT2D eigenvalue weighted by Crippen LogP contribution is 2.26. The number of nitrogens with zero attached hydrogens (tertiary/aromatic N) is 1. The molecule has 1 heterocycles. The minimum Gasteiger partial charge on any atom is -0.328 e. The molecule has 0 aromatic rings. The Balaban J connectivity index is 1.73. The quantitative estimate of drug-likeness (QED) is 0.747. The number of nitrogens with two attached hydrogens (primary N) is 1. The summed E-state index contributed by atoms with van der Waals surface area (Å²) < 4.78 is 0. The lowest BCUT2D eigenvalue weighted by atomic mass is 9.99. The molecule has 2 atom stereocenters. The summed E-state index contributed by atoms with van der Waals surface area (Å²) in [5.74, 6) is 1.74. The largest absolute Gasteiger partial charge is 0.328 e. The number of hydrogen-bond acceptors (Lipinski definition) is 2. The summed E-state index contributed by atoms with van der Waals surface area (Å²) in [4.78, 5) is 2.67. The lowest BCUT2D eigenvalue weighted by Gasteiger charge is -2.23. The van der Waals surface area contributed by atoms with Crippen molar-refractivity contribution < 1.29 is 0 Å². The van der Waals surface area contributed by atoms with Crippen molar-refractivity contribution in [3.63, 3.8) is 0 Å². The van der Waals surface area contributed by atoms with Gasteiger partial charge in [-0.25, -0.2) is 0 Å². The molecule has 0 aromatic heterocycles. The maximum atomic E-state index is 5.99. The molecule has 1 aliphatic heterocycles. The van der Waals surface area contributed by atoms with Crippen LogP contribution >= 0.6 is 0 Å². The maximum absolute atomic E-state index is 5.99. The monoisotopic (exact) mass is 224 g/mol. The molecule has 0 radical (unpaired) electrons. The topological polar surface area (TPSA) is 29.3 Å². The molecule has 2 aliphatic rings. The average molecular weight is 224 g/mol. The van der Waals surface area contributed by atoms with Gasteiger partial charge >= 0.3 is 0 Å². The van der Waals surface area contributed by atoms with Gasteiger partial charge in [-0.2, -0.15) is 0 Å². The minimum absolute atomic E-state index is 0.388. The number of likely N-dealkylation sites (tertiary alicyclic amines) is 1. The molecule has 1 saturated heterocycles. The summed E-state index contributed by atoms with van der Waals surface area (Å²) >= 11 is 0. The number of rotatable bonds is 3. The fourth-order valence-corrected chi connectivity index (χ4v) is 3.37. The highest BCUT2D eigenvalue weighted by atomic mass is 15.1. The van der Waals surface area contributed by atoms with Gasteiger partial charge in [-0.05, 0) is 44.6 Å². The van der Waals surface area contributed by atoms with E-state index >= 15 is 0 Å². The molecule has 2 nitrogen and oxygen atoms in total. The molecular formula is C14H28N2. The van der Waals surface area contributed by atoms with Gasteiger partial charge in [-0.3, -0.25) is 0 Å². The third kappa shape index (κ3) is 3.46. The first-order chi connectivity index (χ1) is 7.75. The van der Waals surface area contributed by atoms with Gasteiger partial charge in [0.05, 0.1) is 0 Å². The molecule has 2 unspecified atom stereocenters. The summed E-state index contributed by atoms with van der Waals surface area (Å²) in [6, 6.07) is 0.388. The molecule has 16 heavy (non-hydrogen) atoms. The van der Waals surface area contributed by atoms with Crippen molar-refractivity contribution in [1.82, 2.24) is 4.90 Å². The molecule has 2 heteroatoms. The summed E-state index contributed by atoms with van der Waals surface area (Å²) in [5, 5.41) is 0. The van der Waals surface area contributed by atoms with E-state index in [9.17, 15) is 0 Å². The highest BCUT2D eigenvalue weighted by molar-refractivity contribution is 4.82. The Morgan fingerprint density at radius 2 is 1.81 bits per heavy atom. The summed E-state index contributed by atoms with van der Waals surface area (Å²) in [7, 11) is 0. The van der Waals surface area contributed by atoms with Gasteiger partial charge in [0.2, 0.25) is 0 Å². The van der Waals surface area contributed by atoms with Crippen LogP contribution < -0.4 is 5.73 Å². The summed E-state index contributed by atoms with van der Waals surface area (Å²) in [5.41, 5.74) is 5.99. The third-order valence-corrected chi connectivity index (χ3v) is 4.54. The van der Waals surface area contributed by atoms with E-state index < -0.39 is 0 Å². The second kappa shape index (κ2) is 6.02. The van der Waals surface area contributed by atoms with E-state index in [1.165, 1.54) is 64.6 Å². The predicted molar refractivity (Wildman–Crippen MR) is 69.4 cm³/mol. The standard InChI is InChI=1S/C14H28N2/c1-12(15)14-8-9-16(11-14)10-13-6-4-2-3-5-7-13/h12-14H,2-11,15H2,1H3. The van der Waals surface area contributed by atoms with E-state index in [4.69, 9.17) is 5.73 Å². The van der Waals surface area contributed by atoms with Crippen molar-refractivity contribution >= 4 is 0 Å². The van der Waals surface area contributed by atoms with Crippen molar-refractivity contribution in [2.45, 2.75) is 57.9 Å². The first kappa shape index (κ1) is 12.4. The molecule has 0 spiro atoms. The molecule has 2 fully saturated rings. The van der Waals surface area contributed by atoms with Crippen LogP contribution in [0, 0.1) is 11.8 Å². The predicted octanol–water partition coefficient (Wildman–Crippen LogP) is 2.63. The molecule has 0 bridgehead atoms. The molecule has 1 aliphatic carbocycles. The minimum atomic E-state index is 0.388. The zero-order valence-electron chi connectivity index (χ0n) is 10.8. The third-order valence-electron chi connectivity index (χ3n) is 4.54. The van der Waals surface area contributed by atoms with Crippen LogP contribution in [0.2, 0.25) is 0 Å². The number of hydrogen-bond donors (Lipinski definition) is 1. The van der Waals surface area contributed by atoms with Gasteiger partial charge in [0.25, 0.3) is 0 Å². The molecule has 1 saturated carbocycles. The van der Waals surface area contributed by atoms with Crippen LogP contribution in [0.25, 0.3) is 0 Å². The fourth-order valence-electron chi connectivity index (χ4n) is 3.37. The Hall–Kier alpha value is -0.0800. The molecule has 0 aromatic carbocycles. The highest BCUT2D eigenvalue weighted by Gasteiger charge is 2.26. The Labute approximate surface area is 101 Å². The molecule has 2 rings (SSSR count). The van der Waals surface area contributed by atoms with Crippen molar-refractivity contribution in [1.29, 1.82) is 0 Å². The van der Waals surface area contributed by atoms with Gasteiger partial charge in [0, 0.05) is 19.1 Å². The van der Waals surface area contributed by atoms with E-state index in [2.05, 4.69) is 11.8 Å². The van der Waals surface area contributed by atoms with Crippen LogP contribution in [0.5, 0.6) is 0 Å². The Morgan fingerprint density at radius 3 is 2.38 bits per heavy atom. The first-order valence-corrected chi connectivity index (χ1v) is 7.23. The van der Waals surface area contributed by atoms with Crippen LogP contribution in [0.4, 0.5) is 0 Å². The van der Waals surface area contributed by atoms with Gasteiger partial charge in [-0.15, -0.1) is 0 Å².